The molecule has 0 aliphatic carbocycles. The molecule has 2 aromatic rings. The van der Waals surface area contributed by atoms with Gasteiger partial charge in [0.1, 0.15) is 4.88 Å². The van der Waals surface area contributed by atoms with Crippen LogP contribution in [0.4, 0.5) is 0 Å². The molecule has 0 spiro atoms. The molecular weight excluding hydrogens is 288 g/mol. The van der Waals surface area contributed by atoms with E-state index in [0.29, 0.717) is 4.88 Å². The molecule has 1 amide bonds. The third kappa shape index (κ3) is 3.52. The lowest BCUT2D eigenvalue weighted by atomic mass is 9.96. The van der Waals surface area contributed by atoms with E-state index >= 15 is 0 Å². The van der Waals surface area contributed by atoms with Crippen molar-refractivity contribution in [3.63, 3.8) is 0 Å². The second-order valence-corrected chi connectivity index (χ2v) is 6.04. The number of aromatic nitrogens is 1. The Hall–Kier alpha value is -2.08. The van der Waals surface area contributed by atoms with Gasteiger partial charge in [0.2, 0.25) is 0 Å². The van der Waals surface area contributed by atoms with E-state index in [4.69, 9.17) is 5.11 Å². The topological polar surface area (TPSA) is 71.3 Å². The number of nitrogens with zero attached hydrogens (tertiary/aromatic N) is 1. The third-order valence-corrected chi connectivity index (χ3v) is 4.24. The fourth-order valence-electron chi connectivity index (χ4n) is 2.06. The van der Waals surface area contributed by atoms with Crippen LogP contribution in [0.15, 0.2) is 36.0 Å². The highest BCUT2D eigenvalue weighted by Gasteiger charge is 2.23. The van der Waals surface area contributed by atoms with Crippen molar-refractivity contribution < 1.29 is 14.7 Å². The molecule has 112 valence electrons. The number of carbonyl (C=O) groups is 2. The number of nitrogens with one attached hydrogen (secondary N) is 1. The molecule has 2 rings (SSSR count). The number of hydrogen-bond donors (Lipinski definition) is 2. The summed E-state index contributed by atoms with van der Waals surface area (Å²) < 4.78 is 1.86. The predicted molar refractivity (Wildman–Crippen MR) is 81.9 cm³/mol. The number of carboxylic acid groups (broad SMARTS) is 1. The number of carbonyl (C=O) groups excluding carboxylic acids is 1. The fraction of sp³-hybridized carbons (Fsp3) is 0.333. The number of aliphatic carboxylic acids is 1. The molecule has 2 heterocycles. The minimum atomic E-state index is -0.887. The van der Waals surface area contributed by atoms with Gasteiger partial charge in [-0.15, -0.1) is 11.3 Å². The Kier molecular flexibility index (Phi) is 4.80. The largest absolute Gasteiger partial charge is 0.481 e. The lowest BCUT2D eigenvalue weighted by Gasteiger charge is -2.16. The van der Waals surface area contributed by atoms with Crippen LogP contribution in [0.25, 0.3) is 5.69 Å². The van der Waals surface area contributed by atoms with Gasteiger partial charge in [-0.05, 0) is 29.5 Å². The van der Waals surface area contributed by atoms with Crippen LogP contribution < -0.4 is 5.32 Å². The van der Waals surface area contributed by atoms with E-state index in [1.165, 1.54) is 11.3 Å². The van der Waals surface area contributed by atoms with E-state index in [1.807, 2.05) is 54.4 Å². The van der Waals surface area contributed by atoms with E-state index in [9.17, 15) is 9.59 Å². The van der Waals surface area contributed by atoms with E-state index < -0.39 is 11.9 Å². The van der Waals surface area contributed by atoms with Gasteiger partial charge in [-0.25, -0.2) is 0 Å². The van der Waals surface area contributed by atoms with Crippen LogP contribution in [0.2, 0.25) is 0 Å². The normalized spacial score (nSPS) is 12.3. The van der Waals surface area contributed by atoms with E-state index in [2.05, 4.69) is 5.32 Å². The van der Waals surface area contributed by atoms with Crippen molar-refractivity contribution in [2.75, 3.05) is 6.54 Å². The van der Waals surface area contributed by atoms with Gasteiger partial charge in [0, 0.05) is 18.9 Å². The quantitative estimate of drug-likeness (QED) is 0.862. The summed E-state index contributed by atoms with van der Waals surface area (Å²) in [5.41, 5.74) is 0.805. The minimum Gasteiger partial charge on any atom is -0.481 e. The zero-order valence-electron chi connectivity index (χ0n) is 11.9. The Morgan fingerprint density at radius 3 is 2.57 bits per heavy atom. The summed E-state index contributed by atoms with van der Waals surface area (Å²) in [4.78, 5) is 24.0. The van der Waals surface area contributed by atoms with Gasteiger partial charge in [0.25, 0.3) is 5.91 Å². The van der Waals surface area contributed by atoms with Gasteiger partial charge < -0.3 is 15.0 Å². The average molecular weight is 306 g/mol. The lowest BCUT2D eigenvalue weighted by Crippen LogP contribution is -2.35. The summed E-state index contributed by atoms with van der Waals surface area (Å²) in [5.74, 6) is -1.73. The molecule has 2 aromatic heterocycles. The summed E-state index contributed by atoms with van der Waals surface area (Å²) in [7, 11) is 0. The first-order chi connectivity index (χ1) is 10.0. The first-order valence-corrected chi connectivity index (χ1v) is 7.60. The van der Waals surface area contributed by atoms with Crippen LogP contribution >= 0.6 is 11.3 Å². The van der Waals surface area contributed by atoms with Gasteiger partial charge in [-0.3, -0.25) is 9.59 Å². The highest BCUT2D eigenvalue weighted by atomic mass is 32.1. The first kappa shape index (κ1) is 15.3. The molecule has 5 nitrogen and oxygen atoms in total. The molecule has 0 aliphatic rings. The van der Waals surface area contributed by atoms with Gasteiger partial charge in [-0.1, -0.05) is 13.8 Å². The standard InChI is InChI=1S/C15H18N2O3S/c1-10(2)11(15(19)20)9-16-14(18)13-12(5-8-21-13)17-6-3-4-7-17/h3-8,10-11H,9H2,1-2H3,(H,16,18)(H,19,20). The molecular formula is C15H18N2O3S. The summed E-state index contributed by atoms with van der Waals surface area (Å²) in [5, 5.41) is 13.7. The summed E-state index contributed by atoms with van der Waals surface area (Å²) in [6.07, 6.45) is 3.74. The minimum absolute atomic E-state index is 0.0324. The summed E-state index contributed by atoms with van der Waals surface area (Å²) >= 11 is 1.34. The second kappa shape index (κ2) is 6.58. The lowest BCUT2D eigenvalue weighted by molar-refractivity contribution is -0.142. The van der Waals surface area contributed by atoms with Crippen molar-refractivity contribution in [1.29, 1.82) is 0 Å². The number of rotatable bonds is 6. The van der Waals surface area contributed by atoms with Gasteiger partial charge in [0.15, 0.2) is 0 Å². The van der Waals surface area contributed by atoms with Crippen LogP contribution in [0.3, 0.4) is 0 Å². The SMILES string of the molecule is CC(C)C(CNC(=O)c1sccc1-n1cccc1)C(=O)O. The summed E-state index contributed by atoms with van der Waals surface area (Å²) in [6.45, 7) is 3.80. The molecule has 21 heavy (non-hydrogen) atoms. The molecule has 0 saturated heterocycles. The van der Waals surface area contributed by atoms with Crippen LogP contribution in [0.1, 0.15) is 23.5 Å². The fourth-order valence-corrected chi connectivity index (χ4v) is 2.87. The highest BCUT2D eigenvalue weighted by molar-refractivity contribution is 7.12. The number of carboxylic acids is 1. The molecule has 0 saturated carbocycles. The molecule has 1 atom stereocenters. The maximum absolute atomic E-state index is 12.3. The molecule has 6 heteroatoms. The average Bonchev–Trinajstić information content (AvgIpc) is 3.08. The maximum Gasteiger partial charge on any atom is 0.308 e. The van der Waals surface area contributed by atoms with Gasteiger partial charge >= 0.3 is 5.97 Å². The Balaban J connectivity index is 2.08. The van der Waals surface area contributed by atoms with Crippen LogP contribution in [-0.2, 0) is 4.79 Å². The van der Waals surface area contributed by atoms with E-state index in [1.54, 1.807) is 0 Å². The number of hydrogen-bond acceptors (Lipinski definition) is 3. The van der Waals surface area contributed by atoms with Crippen molar-refractivity contribution in [2.45, 2.75) is 13.8 Å². The van der Waals surface area contributed by atoms with Crippen LogP contribution in [0.5, 0.6) is 0 Å². The molecule has 1 unspecified atom stereocenters. The third-order valence-electron chi connectivity index (χ3n) is 3.34. The van der Waals surface area contributed by atoms with Crippen molar-refractivity contribution in [3.05, 3.63) is 40.8 Å². The van der Waals surface area contributed by atoms with E-state index in [-0.39, 0.29) is 18.4 Å². The Labute approximate surface area is 127 Å². The highest BCUT2D eigenvalue weighted by Crippen LogP contribution is 2.21. The summed E-state index contributed by atoms with van der Waals surface area (Å²) in [6, 6.07) is 5.65. The monoisotopic (exact) mass is 306 g/mol. The van der Waals surface area contributed by atoms with Crippen LogP contribution in [0, 0.1) is 11.8 Å². The zero-order valence-corrected chi connectivity index (χ0v) is 12.8. The predicted octanol–water partition coefficient (Wildman–Crippen LogP) is 2.63. The van der Waals surface area contributed by atoms with Crippen molar-refractivity contribution in [1.82, 2.24) is 9.88 Å². The number of thiophene rings is 1. The van der Waals surface area contributed by atoms with Crippen LogP contribution in [-0.4, -0.2) is 28.1 Å². The molecule has 2 N–H and O–H groups in total. The Morgan fingerprint density at radius 1 is 1.33 bits per heavy atom. The molecule has 0 fully saturated rings. The second-order valence-electron chi connectivity index (χ2n) is 5.12. The van der Waals surface area contributed by atoms with Gasteiger partial charge in [-0.2, -0.15) is 0 Å². The first-order valence-electron chi connectivity index (χ1n) is 6.72. The van der Waals surface area contributed by atoms with Gasteiger partial charge in [0.05, 0.1) is 11.6 Å². The number of amides is 1. The molecule has 0 aliphatic heterocycles. The Morgan fingerprint density at radius 2 is 2.00 bits per heavy atom. The Bertz CT molecular complexity index is 617. The smallest absolute Gasteiger partial charge is 0.308 e. The molecule has 0 aromatic carbocycles. The van der Waals surface area contributed by atoms with Crippen molar-refractivity contribution >= 4 is 23.2 Å². The van der Waals surface area contributed by atoms with E-state index in [0.717, 1.165) is 5.69 Å². The molecule has 0 radical (unpaired) electrons. The van der Waals surface area contributed by atoms with Crippen molar-refractivity contribution in [3.8, 4) is 5.69 Å². The molecule has 0 bridgehead atoms. The zero-order chi connectivity index (χ0) is 15.4. The van der Waals surface area contributed by atoms with Crippen molar-refractivity contribution in [2.24, 2.45) is 11.8 Å². The maximum atomic E-state index is 12.3.